The summed E-state index contributed by atoms with van der Waals surface area (Å²) in [5, 5.41) is 0. The largest absolute Gasteiger partial charge is 1.00 e. The SMILES string of the molecule is Cc1ccccc1.O=[P+]([O-])[O-].[Na+].[Na+]. The van der Waals surface area contributed by atoms with Crippen LogP contribution in [-0.2, 0) is 4.57 Å². The Hall–Kier alpha value is 1.24. The summed E-state index contributed by atoms with van der Waals surface area (Å²) < 4.78 is 8.48. The van der Waals surface area contributed by atoms with Gasteiger partial charge in [0.15, 0.2) is 0 Å². The monoisotopic (exact) mass is 217 g/mol. The van der Waals surface area contributed by atoms with E-state index in [2.05, 4.69) is 19.1 Å². The Kier molecular flexibility index (Phi) is 20.1. The zero-order valence-electron chi connectivity index (χ0n) is 8.06. The van der Waals surface area contributed by atoms with E-state index in [0.717, 1.165) is 0 Å². The van der Waals surface area contributed by atoms with Crippen LogP contribution in [0.3, 0.4) is 0 Å². The summed E-state index contributed by atoms with van der Waals surface area (Å²) in [5.41, 5.74) is 1.32. The van der Waals surface area contributed by atoms with Gasteiger partial charge in [0, 0.05) is 0 Å². The van der Waals surface area contributed by atoms with Crippen molar-refractivity contribution in [3.8, 4) is 0 Å². The van der Waals surface area contributed by atoms with E-state index in [4.69, 9.17) is 14.4 Å². The van der Waals surface area contributed by atoms with Crippen LogP contribution in [0.15, 0.2) is 30.3 Å². The quantitative estimate of drug-likeness (QED) is 0.321. The summed E-state index contributed by atoms with van der Waals surface area (Å²) in [4.78, 5) is 17.0. The molecule has 0 saturated heterocycles. The van der Waals surface area contributed by atoms with Crippen LogP contribution in [0.25, 0.3) is 0 Å². The second kappa shape index (κ2) is 13.2. The Morgan fingerprint density at radius 1 is 1.08 bits per heavy atom. The molecule has 13 heavy (non-hydrogen) atoms. The molecule has 0 radical (unpaired) electrons. The summed E-state index contributed by atoms with van der Waals surface area (Å²) >= 11 is 0. The fourth-order valence-corrected chi connectivity index (χ4v) is 0.534. The molecule has 6 heteroatoms. The van der Waals surface area contributed by atoms with Crippen LogP contribution in [0, 0.1) is 6.92 Å². The van der Waals surface area contributed by atoms with Crippen LogP contribution < -0.4 is 68.9 Å². The molecule has 0 aliphatic heterocycles. The van der Waals surface area contributed by atoms with Crippen molar-refractivity contribution in [2.75, 3.05) is 0 Å². The maximum atomic E-state index is 8.48. The molecule has 60 valence electrons. The molecule has 0 atom stereocenters. The molecule has 0 aliphatic rings. The first-order chi connectivity index (χ1) is 5.13. The topological polar surface area (TPSA) is 63.2 Å². The number of hydrogen-bond acceptors (Lipinski definition) is 3. The van der Waals surface area contributed by atoms with Crippen LogP contribution in [0.1, 0.15) is 5.56 Å². The molecule has 0 fully saturated rings. The molecule has 0 bridgehead atoms. The van der Waals surface area contributed by atoms with Gasteiger partial charge in [0.1, 0.15) is 0 Å². The molecule has 1 rings (SSSR count). The predicted octanol–water partition coefficient (Wildman–Crippen LogP) is -5.63. The molecular weight excluding hydrogens is 209 g/mol. The van der Waals surface area contributed by atoms with E-state index in [1.165, 1.54) is 5.56 Å². The van der Waals surface area contributed by atoms with E-state index in [1.54, 1.807) is 0 Å². The molecule has 1 aromatic rings. The fourth-order valence-electron chi connectivity index (χ4n) is 0.534. The van der Waals surface area contributed by atoms with Gasteiger partial charge in [0.25, 0.3) is 8.25 Å². The van der Waals surface area contributed by atoms with E-state index in [1.807, 2.05) is 18.2 Å². The summed E-state index contributed by atoms with van der Waals surface area (Å²) in [6.07, 6.45) is 0. The molecule has 0 aliphatic carbocycles. The first-order valence-corrected chi connectivity index (χ1v) is 4.05. The van der Waals surface area contributed by atoms with Crippen molar-refractivity contribution >= 4 is 8.25 Å². The molecule has 0 amide bonds. The van der Waals surface area contributed by atoms with E-state index < -0.39 is 8.25 Å². The third-order valence-corrected chi connectivity index (χ3v) is 0.940. The molecule has 0 heterocycles. The standard InChI is InChI=1S/C7H8.2Na.HO3P/c1-7-5-3-2-4-6-7;;;1-4(2)3/h2-6H,1H3;;;(H,1,2,3)/q;2*+1;/p-1. The van der Waals surface area contributed by atoms with Crippen LogP contribution in [0.4, 0.5) is 0 Å². The van der Waals surface area contributed by atoms with Crippen molar-refractivity contribution in [1.29, 1.82) is 0 Å². The summed E-state index contributed by atoms with van der Waals surface area (Å²) in [6.45, 7) is 2.08. The minimum atomic E-state index is -3.37. The van der Waals surface area contributed by atoms with Gasteiger partial charge >= 0.3 is 59.1 Å². The minimum absolute atomic E-state index is 0. The van der Waals surface area contributed by atoms with Crippen LogP contribution >= 0.6 is 8.25 Å². The molecule has 0 spiro atoms. The molecular formula is C7H8Na2O3P+. The summed E-state index contributed by atoms with van der Waals surface area (Å²) in [5.74, 6) is 0. The van der Waals surface area contributed by atoms with E-state index in [0.29, 0.717) is 0 Å². The Morgan fingerprint density at radius 3 is 1.54 bits per heavy atom. The second-order valence-electron chi connectivity index (χ2n) is 1.88. The van der Waals surface area contributed by atoms with Crippen molar-refractivity contribution in [3.05, 3.63) is 35.9 Å². The van der Waals surface area contributed by atoms with E-state index in [9.17, 15) is 0 Å². The van der Waals surface area contributed by atoms with Crippen molar-refractivity contribution in [1.82, 2.24) is 0 Å². The van der Waals surface area contributed by atoms with E-state index in [-0.39, 0.29) is 59.1 Å². The Morgan fingerprint density at radius 2 is 1.38 bits per heavy atom. The molecule has 0 unspecified atom stereocenters. The van der Waals surface area contributed by atoms with Crippen molar-refractivity contribution < 1.29 is 73.5 Å². The molecule has 0 N–H and O–H groups in total. The van der Waals surface area contributed by atoms with Crippen LogP contribution in [0.5, 0.6) is 0 Å². The average Bonchev–Trinajstić information content (AvgIpc) is 1.87. The zero-order valence-corrected chi connectivity index (χ0v) is 13.0. The number of rotatable bonds is 0. The normalized spacial score (nSPS) is 6.69. The maximum absolute atomic E-state index is 8.48. The summed E-state index contributed by atoms with van der Waals surface area (Å²) in [7, 11) is -3.37. The van der Waals surface area contributed by atoms with Gasteiger partial charge in [-0.25, -0.2) is 0 Å². The van der Waals surface area contributed by atoms with Gasteiger partial charge in [-0.05, 0) is 6.92 Å². The van der Waals surface area contributed by atoms with Gasteiger partial charge in [-0.2, -0.15) is 0 Å². The minimum Gasteiger partial charge on any atom is -0.598 e. The van der Waals surface area contributed by atoms with Crippen molar-refractivity contribution in [3.63, 3.8) is 0 Å². The molecule has 0 saturated carbocycles. The Balaban J connectivity index is -0.000000150. The van der Waals surface area contributed by atoms with Gasteiger partial charge in [-0.1, -0.05) is 40.5 Å². The predicted molar refractivity (Wildman–Crippen MR) is 38.8 cm³/mol. The van der Waals surface area contributed by atoms with Crippen LogP contribution in [-0.4, -0.2) is 0 Å². The first-order valence-electron chi connectivity index (χ1n) is 2.96. The second-order valence-corrected chi connectivity index (χ2v) is 2.33. The number of aryl methyl sites for hydroxylation is 1. The zero-order chi connectivity index (χ0) is 8.69. The molecule has 0 aromatic heterocycles. The van der Waals surface area contributed by atoms with Crippen molar-refractivity contribution in [2.24, 2.45) is 0 Å². The van der Waals surface area contributed by atoms with Gasteiger partial charge < -0.3 is 9.79 Å². The smallest absolute Gasteiger partial charge is 0.598 e. The van der Waals surface area contributed by atoms with Gasteiger partial charge in [0.2, 0.25) is 0 Å². The van der Waals surface area contributed by atoms with Crippen molar-refractivity contribution in [2.45, 2.75) is 6.92 Å². The number of benzene rings is 1. The average molecular weight is 217 g/mol. The molecule has 1 aromatic carbocycles. The fraction of sp³-hybridized carbons (Fsp3) is 0.143. The summed E-state index contributed by atoms with van der Waals surface area (Å²) in [6, 6.07) is 10.3. The maximum Gasteiger partial charge on any atom is 1.00 e. The number of hydrogen-bond donors (Lipinski definition) is 0. The third-order valence-electron chi connectivity index (χ3n) is 0.940. The Bertz CT molecular complexity index is 214. The Labute approximate surface area is 123 Å². The van der Waals surface area contributed by atoms with Crippen LogP contribution in [0.2, 0.25) is 0 Å². The third kappa shape index (κ3) is 19.6. The van der Waals surface area contributed by atoms with Gasteiger partial charge in [0.05, 0.1) is 0 Å². The molecule has 3 nitrogen and oxygen atoms in total. The first kappa shape index (κ1) is 19.8. The van der Waals surface area contributed by atoms with Gasteiger partial charge in [-0.15, -0.1) is 0 Å². The van der Waals surface area contributed by atoms with Gasteiger partial charge in [-0.3, -0.25) is 0 Å². The van der Waals surface area contributed by atoms with E-state index >= 15 is 0 Å².